The van der Waals surface area contributed by atoms with E-state index in [0.29, 0.717) is 5.82 Å². The third-order valence-electron chi connectivity index (χ3n) is 2.93. The first-order valence-electron chi connectivity index (χ1n) is 5.82. The average molecular weight is 237 g/mol. The number of nitrogens with two attached hydrogens (primary N) is 1. The van der Waals surface area contributed by atoms with Crippen LogP contribution in [-0.2, 0) is 6.54 Å². The summed E-state index contributed by atoms with van der Waals surface area (Å²) in [6, 6.07) is 3.95. The van der Waals surface area contributed by atoms with E-state index in [-0.39, 0.29) is 0 Å². The van der Waals surface area contributed by atoms with Crippen LogP contribution in [-0.4, -0.2) is 34.0 Å². The van der Waals surface area contributed by atoms with Crippen LogP contribution in [0.5, 0.6) is 0 Å². The standard InChI is InChI=1S/C12H19N3S/c1-2-11-9-15(5-6-16-11)8-10-3-4-12(13)14-7-10/h3-4,7,11H,2,5-6,8-9H2,1H3,(H2,13,14). The van der Waals surface area contributed by atoms with Gasteiger partial charge in [0.15, 0.2) is 0 Å². The van der Waals surface area contributed by atoms with Gasteiger partial charge in [0.2, 0.25) is 0 Å². The molecule has 0 spiro atoms. The van der Waals surface area contributed by atoms with Gasteiger partial charge in [0.25, 0.3) is 0 Å². The molecule has 1 aliphatic rings. The predicted molar refractivity (Wildman–Crippen MR) is 70.5 cm³/mol. The molecule has 2 N–H and O–H groups in total. The number of thioether (sulfide) groups is 1. The Kier molecular flexibility index (Phi) is 4.07. The maximum absolute atomic E-state index is 5.58. The van der Waals surface area contributed by atoms with Crippen LogP contribution in [0.3, 0.4) is 0 Å². The molecule has 0 radical (unpaired) electrons. The molecule has 4 heteroatoms. The molecule has 16 heavy (non-hydrogen) atoms. The minimum absolute atomic E-state index is 0.601. The van der Waals surface area contributed by atoms with Crippen molar-refractivity contribution < 1.29 is 0 Å². The summed E-state index contributed by atoms with van der Waals surface area (Å²) in [5, 5.41) is 0.801. The molecule has 2 heterocycles. The second-order valence-corrected chi connectivity index (χ2v) is 5.64. The smallest absolute Gasteiger partial charge is 0.123 e. The molecule has 1 saturated heterocycles. The third-order valence-corrected chi connectivity index (χ3v) is 4.30. The highest BCUT2D eigenvalue weighted by Crippen LogP contribution is 2.22. The lowest BCUT2D eigenvalue weighted by Gasteiger charge is -2.31. The van der Waals surface area contributed by atoms with Gasteiger partial charge >= 0.3 is 0 Å². The molecule has 0 aliphatic carbocycles. The number of hydrogen-bond acceptors (Lipinski definition) is 4. The van der Waals surface area contributed by atoms with E-state index in [9.17, 15) is 0 Å². The van der Waals surface area contributed by atoms with Crippen molar-refractivity contribution in [1.82, 2.24) is 9.88 Å². The zero-order chi connectivity index (χ0) is 11.4. The summed E-state index contributed by atoms with van der Waals surface area (Å²) in [6.07, 6.45) is 3.15. The van der Waals surface area contributed by atoms with Crippen molar-refractivity contribution in [3.05, 3.63) is 23.9 Å². The Labute approximate surface area is 101 Å². The molecular weight excluding hydrogens is 218 g/mol. The molecular formula is C12H19N3S. The maximum atomic E-state index is 5.58. The van der Waals surface area contributed by atoms with Gasteiger partial charge in [-0.15, -0.1) is 0 Å². The van der Waals surface area contributed by atoms with Gasteiger partial charge in [-0.2, -0.15) is 11.8 Å². The number of aromatic nitrogens is 1. The lowest BCUT2D eigenvalue weighted by molar-refractivity contribution is 0.273. The Bertz CT molecular complexity index is 326. The van der Waals surface area contributed by atoms with Crippen molar-refractivity contribution >= 4 is 17.6 Å². The Morgan fingerprint density at radius 3 is 3.12 bits per heavy atom. The molecule has 3 nitrogen and oxygen atoms in total. The van der Waals surface area contributed by atoms with E-state index in [2.05, 4.69) is 34.6 Å². The van der Waals surface area contributed by atoms with Gasteiger partial charge in [-0.25, -0.2) is 4.98 Å². The lowest BCUT2D eigenvalue weighted by Crippen LogP contribution is -2.37. The van der Waals surface area contributed by atoms with Crippen LogP contribution in [0.4, 0.5) is 5.82 Å². The second kappa shape index (κ2) is 5.55. The highest BCUT2D eigenvalue weighted by atomic mass is 32.2. The molecule has 0 amide bonds. The maximum Gasteiger partial charge on any atom is 0.123 e. The Hall–Kier alpha value is -0.740. The number of hydrogen-bond donors (Lipinski definition) is 1. The number of anilines is 1. The van der Waals surface area contributed by atoms with Crippen LogP contribution < -0.4 is 5.73 Å². The fraction of sp³-hybridized carbons (Fsp3) is 0.583. The SMILES string of the molecule is CCC1CN(Cc2ccc(N)nc2)CCS1. The minimum atomic E-state index is 0.601. The van der Waals surface area contributed by atoms with E-state index in [0.717, 1.165) is 11.8 Å². The van der Waals surface area contributed by atoms with Crippen LogP contribution in [0.25, 0.3) is 0 Å². The molecule has 88 valence electrons. The first kappa shape index (κ1) is 11.7. The summed E-state index contributed by atoms with van der Waals surface area (Å²) < 4.78 is 0. The summed E-state index contributed by atoms with van der Waals surface area (Å²) >= 11 is 2.10. The van der Waals surface area contributed by atoms with Gasteiger partial charge in [0, 0.05) is 36.8 Å². The van der Waals surface area contributed by atoms with Gasteiger partial charge in [-0.05, 0) is 18.1 Å². The Morgan fingerprint density at radius 2 is 2.44 bits per heavy atom. The van der Waals surface area contributed by atoms with Gasteiger partial charge in [0.1, 0.15) is 5.82 Å². The first-order chi connectivity index (χ1) is 7.78. The van der Waals surface area contributed by atoms with Crippen molar-refractivity contribution in [1.29, 1.82) is 0 Å². The number of rotatable bonds is 3. The van der Waals surface area contributed by atoms with Crippen LogP contribution in [0.2, 0.25) is 0 Å². The summed E-state index contributed by atoms with van der Waals surface area (Å²) in [5.41, 5.74) is 6.84. The molecule has 1 aromatic rings. The number of pyridine rings is 1. The summed E-state index contributed by atoms with van der Waals surface area (Å²) in [5.74, 6) is 1.85. The van der Waals surface area contributed by atoms with Gasteiger partial charge < -0.3 is 5.73 Å². The van der Waals surface area contributed by atoms with Crippen LogP contribution >= 0.6 is 11.8 Å². The molecule has 1 unspecified atom stereocenters. The topological polar surface area (TPSA) is 42.1 Å². The molecule has 1 atom stereocenters. The van der Waals surface area contributed by atoms with E-state index in [1.54, 1.807) is 0 Å². The Balaban J connectivity index is 1.91. The second-order valence-electron chi connectivity index (χ2n) is 4.23. The predicted octanol–water partition coefficient (Wildman–Crippen LogP) is 1.99. The quantitative estimate of drug-likeness (QED) is 0.873. The van der Waals surface area contributed by atoms with E-state index in [1.807, 2.05) is 12.3 Å². The third kappa shape index (κ3) is 3.12. The molecule has 1 aliphatic heterocycles. The Morgan fingerprint density at radius 1 is 1.56 bits per heavy atom. The molecule has 0 bridgehead atoms. The van der Waals surface area contributed by atoms with Crippen molar-refractivity contribution in [3.8, 4) is 0 Å². The van der Waals surface area contributed by atoms with Gasteiger partial charge in [-0.1, -0.05) is 13.0 Å². The van der Waals surface area contributed by atoms with E-state index in [1.165, 1.54) is 30.8 Å². The van der Waals surface area contributed by atoms with Gasteiger partial charge in [0.05, 0.1) is 0 Å². The van der Waals surface area contributed by atoms with Crippen LogP contribution in [0.1, 0.15) is 18.9 Å². The van der Waals surface area contributed by atoms with Crippen LogP contribution in [0.15, 0.2) is 18.3 Å². The number of nitrogen functional groups attached to an aromatic ring is 1. The largest absolute Gasteiger partial charge is 0.384 e. The molecule has 0 aromatic carbocycles. The van der Waals surface area contributed by atoms with E-state index >= 15 is 0 Å². The first-order valence-corrected chi connectivity index (χ1v) is 6.87. The van der Waals surface area contributed by atoms with Crippen LogP contribution in [0, 0.1) is 0 Å². The van der Waals surface area contributed by atoms with Crippen molar-refractivity contribution in [2.24, 2.45) is 0 Å². The summed E-state index contributed by atoms with van der Waals surface area (Å²) in [7, 11) is 0. The van der Waals surface area contributed by atoms with Crippen molar-refractivity contribution in [3.63, 3.8) is 0 Å². The highest BCUT2D eigenvalue weighted by Gasteiger charge is 2.18. The number of nitrogens with zero attached hydrogens (tertiary/aromatic N) is 2. The lowest BCUT2D eigenvalue weighted by atomic mass is 10.2. The summed E-state index contributed by atoms with van der Waals surface area (Å²) in [6.45, 7) is 5.66. The van der Waals surface area contributed by atoms with E-state index in [4.69, 9.17) is 5.73 Å². The van der Waals surface area contributed by atoms with E-state index < -0.39 is 0 Å². The molecule has 1 fully saturated rings. The monoisotopic (exact) mass is 237 g/mol. The van der Waals surface area contributed by atoms with Gasteiger partial charge in [-0.3, -0.25) is 4.90 Å². The molecule has 2 rings (SSSR count). The zero-order valence-corrected chi connectivity index (χ0v) is 10.5. The summed E-state index contributed by atoms with van der Waals surface area (Å²) in [4.78, 5) is 6.64. The van der Waals surface area contributed by atoms with Crippen molar-refractivity contribution in [2.45, 2.75) is 25.1 Å². The molecule has 1 aromatic heterocycles. The molecule has 0 saturated carbocycles. The highest BCUT2D eigenvalue weighted by molar-refractivity contribution is 8.00. The minimum Gasteiger partial charge on any atom is -0.384 e. The average Bonchev–Trinajstić information content (AvgIpc) is 2.32. The fourth-order valence-electron chi connectivity index (χ4n) is 1.96. The zero-order valence-electron chi connectivity index (χ0n) is 9.72. The fourth-order valence-corrected chi connectivity index (χ4v) is 3.21. The van der Waals surface area contributed by atoms with Crippen molar-refractivity contribution in [2.75, 3.05) is 24.6 Å². The normalized spacial score (nSPS) is 22.2.